The molecule has 0 fully saturated rings. The van der Waals surface area contributed by atoms with Gasteiger partial charge in [-0.15, -0.1) is 0 Å². The van der Waals surface area contributed by atoms with Gasteiger partial charge in [-0.1, -0.05) is 0 Å². The lowest BCUT2D eigenvalue weighted by molar-refractivity contribution is -0.143. The van der Waals surface area contributed by atoms with Gasteiger partial charge in [0.05, 0.1) is 13.0 Å². The lowest BCUT2D eigenvalue weighted by atomic mass is 10.2. The molecule has 0 saturated heterocycles. The van der Waals surface area contributed by atoms with Crippen LogP contribution in [0.5, 0.6) is 0 Å². The molecule has 0 heterocycles. The van der Waals surface area contributed by atoms with Crippen molar-refractivity contribution in [3.63, 3.8) is 0 Å². The van der Waals surface area contributed by atoms with Crippen LogP contribution in [0.2, 0.25) is 0 Å². The van der Waals surface area contributed by atoms with Gasteiger partial charge in [0, 0.05) is 12.8 Å². The zero-order valence-corrected chi connectivity index (χ0v) is 7.82. The van der Waals surface area contributed by atoms with E-state index in [0.29, 0.717) is 0 Å². The fourth-order valence-corrected chi connectivity index (χ4v) is 0.765. The SMILES string of the molecule is O=C(CCOCC(F)F)CCC(F)(F)F. The van der Waals surface area contributed by atoms with Crippen LogP contribution in [0, 0.1) is 0 Å². The second kappa shape index (κ2) is 6.71. The molecule has 0 spiro atoms. The van der Waals surface area contributed by atoms with E-state index in [9.17, 15) is 26.7 Å². The maximum Gasteiger partial charge on any atom is 0.389 e. The van der Waals surface area contributed by atoms with E-state index >= 15 is 0 Å². The number of hydrogen-bond acceptors (Lipinski definition) is 2. The summed E-state index contributed by atoms with van der Waals surface area (Å²) in [6, 6.07) is 0. The number of hydrogen-bond donors (Lipinski definition) is 0. The van der Waals surface area contributed by atoms with Gasteiger partial charge >= 0.3 is 6.18 Å². The third-order valence-corrected chi connectivity index (χ3v) is 1.46. The van der Waals surface area contributed by atoms with Crippen molar-refractivity contribution in [3.8, 4) is 0 Å². The van der Waals surface area contributed by atoms with Gasteiger partial charge in [-0.2, -0.15) is 13.2 Å². The summed E-state index contributed by atoms with van der Waals surface area (Å²) in [5.74, 6) is -0.637. The van der Waals surface area contributed by atoms with Gasteiger partial charge < -0.3 is 4.74 Å². The Balaban J connectivity index is 3.42. The van der Waals surface area contributed by atoms with Crippen LogP contribution >= 0.6 is 0 Å². The molecule has 0 aliphatic rings. The van der Waals surface area contributed by atoms with Gasteiger partial charge in [-0.25, -0.2) is 8.78 Å². The molecule has 0 bridgehead atoms. The van der Waals surface area contributed by atoms with Crippen LogP contribution in [0.3, 0.4) is 0 Å². The van der Waals surface area contributed by atoms with Gasteiger partial charge in [-0.3, -0.25) is 4.79 Å². The van der Waals surface area contributed by atoms with E-state index in [1.807, 2.05) is 0 Å². The molecular formula is C8H11F5O2. The number of carbonyl (C=O) groups excluding carboxylic acids is 1. The average Bonchev–Trinajstić information content (AvgIpc) is 2.07. The van der Waals surface area contributed by atoms with Gasteiger partial charge in [0.1, 0.15) is 12.4 Å². The summed E-state index contributed by atoms with van der Waals surface area (Å²) in [6.07, 6.45) is -9.06. The number of carbonyl (C=O) groups is 1. The minimum absolute atomic E-state index is 0.261. The Labute approximate surface area is 83.4 Å². The first-order chi connectivity index (χ1) is 6.81. The summed E-state index contributed by atoms with van der Waals surface area (Å²) in [7, 11) is 0. The Hall–Kier alpha value is -0.720. The van der Waals surface area contributed by atoms with Crippen LogP contribution in [-0.2, 0) is 9.53 Å². The number of alkyl halides is 5. The van der Waals surface area contributed by atoms with Crippen LogP contribution in [0.4, 0.5) is 22.0 Å². The number of halogens is 5. The zero-order valence-electron chi connectivity index (χ0n) is 7.82. The summed E-state index contributed by atoms with van der Waals surface area (Å²) in [5.41, 5.74) is 0. The van der Waals surface area contributed by atoms with E-state index in [1.54, 1.807) is 0 Å². The number of Topliss-reactive ketones (excluding diaryl/α,β-unsaturated/α-hetero) is 1. The summed E-state index contributed by atoms with van der Waals surface area (Å²) >= 11 is 0. The minimum atomic E-state index is -4.36. The normalized spacial score (nSPS) is 12.1. The van der Waals surface area contributed by atoms with E-state index in [4.69, 9.17) is 0 Å². The van der Waals surface area contributed by atoms with E-state index in [-0.39, 0.29) is 13.0 Å². The summed E-state index contributed by atoms with van der Waals surface area (Å²) < 4.78 is 62.2. The molecule has 0 aromatic carbocycles. The molecule has 0 unspecified atom stereocenters. The summed E-state index contributed by atoms with van der Waals surface area (Å²) in [4.78, 5) is 10.8. The zero-order chi connectivity index (χ0) is 11.9. The predicted octanol–water partition coefficient (Wildman–Crippen LogP) is 2.57. The van der Waals surface area contributed by atoms with Crippen molar-refractivity contribution in [3.05, 3.63) is 0 Å². The first kappa shape index (κ1) is 14.3. The highest BCUT2D eigenvalue weighted by molar-refractivity contribution is 5.78. The fourth-order valence-electron chi connectivity index (χ4n) is 0.765. The second-order valence-electron chi connectivity index (χ2n) is 2.87. The number of ketones is 1. The molecule has 0 amide bonds. The molecule has 0 rings (SSSR count). The Morgan fingerprint density at radius 2 is 1.80 bits per heavy atom. The largest absolute Gasteiger partial charge is 0.389 e. The molecule has 0 aromatic rings. The Morgan fingerprint density at radius 1 is 1.20 bits per heavy atom. The van der Waals surface area contributed by atoms with Crippen molar-refractivity contribution in [2.24, 2.45) is 0 Å². The molecule has 2 nitrogen and oxygen atoms in total. The Kier molecular flexibility index (Phi) is 6.38. The molecule has 0 radical (unpaired) electrons. The second-order valence-corrected chi connectivity index (χ2v) is 2.87. The molecule has 7 heteroatoms. The molecule has 15 heavy (non-hydrogen) atoms. The van der Waals surface area contributed by atoms with Crippen molar-refractivity contribution in [1.29, 1.82) is 0 Å². The van der Waals surface area contributed by atoms with Crippen molar-refractivity contribution in [2.75, 3.05) is 13.2 Å². The Morgan fingerprint density at radius 3 is 2.27 bits per heavy atom. The quantitative estimate of drug-likeness (QED) is 0.500. The van der Waals surface area contributed by atoms with E-state index in [1.165, 1.54) is 0 Å². The first-order valence-corrected chi connectivity index (χ1v) is 4.25. The van der Waals surface area contributed by atoms with Crippen LogP contribution in [0.25, 0.3) is 0 Å². The highest BCUT2D eigenvalue weighted by Crippen LogP contribution is 2.21. The minimum Gasteiger partial charge on any atom is -0.375 e. The van der Waals surface area contributed by atoms with Crippen molar-refractivity contribution >= 4 is 5.78 Å². The van der Waals surface area contributed by atoms with Crippen LogP contribution < -0.4 is 0 Å². The van der Waals surface area contributed by atoms with E-state index in [0.717, 1.165) is 0 Å². The van der Waals surface area contributed by atoms with Gasteiger partial charge in [0.2, 0.25) is 0 Å². The number of rotatable bonds is 7. The van der Waals surface area contributed by atoms with Crippen LogP contribution in [0.1, 0.15) is 19.3 Å². The third kappa shape index (κ3) is 11.2. The monoisotopic (exact) mass is 234 g/mol. The van der Waals surface area contributed by atoms with Crippen molar-refractivity contribution < 1.29 is 31.5 Å². The molecule has 0 aliphatic carbocycles. The molecular weight excluding hydrogens is 223 g/mol. The fraction of sp³-hybridized carbons (Fsp3) is 0.875. The van der Waals surface area contributed by atoms with Gasteiger partial charge in [0.15, 0.2) is 0 Å². The summed E-state index contributed by atoms with van der Waals surface area (Å²) in [5, 5.41) is 0. The third-order valence-electron chi connectivity index (χ3n) is 1.46. The molecule has 0 aliphatic heterocycles. The van der Waals surface area contributed by atoms with Crippen molar-refractivity contribution in [2.45, 2.75) is 31.9 Å². The summed E-state index contributed by atoms with van der Waals surface area (Å²) in [6.45, 7) is -1.06. The smallest absolute Gasteiger partial charge is 0.375 e. The van der Waals surface area contributed by atoms with Crippen molar-refractivity contribution in [1.82, 2.24) is 0 Å². The van der Waals surface area contributed by atoms with Crippen LogP contribution in [0.15, 0.2) is 0 Å². The number of ether oxygens (including phenoxy) is 1. The highest BCUT2D eigenvalue weighted by Gasteiger charge is 2.27. The molecule has 0 aromatic heterocycles. The van der Waals surface area contributed by atoms with Gasteiger partial charge in [-0.05, 0) is 0 Å². The lowest BCUT2D eigenvalue weighted by Crippen LogP contribution is -2.13. The maximum absolute atomic E-state index is 11.6. The highest BCUT2D eigenvalue weighted by atomic mass is 19.4. The molecule has 90 valence electrons. The molecule has 0 atom stereocenters. The molecule has 0 N–H and O–H groups in total. The van der Waals surface area contributed by atoms with Gasteiger partial charge in [0.25, 0.3) is 6.43 Å². The maximum atomic E-state index is 11.6. The lowest BCUT2D eigenvalue weighted by Gasteiger charge is -2.05. The van der Waals surface area contributed by atoms with E-state index < -0.39 is 37.8 Å². The van der Waals surface area contributed by atoms with E-state index in [2.05, 4.69) is 4.74 Å². The standard InChI is InChI=1S/C8H11F5O2/c9-7(10)5-15-4-2-6(14)1-3-8(11,12)13/h7H,1-5H2. The van der Waals surface area contributed by atoms with Crippen LogP contribution in [-0.4, -0.2) is 31.6 Å². The Bertz CT molecular complexity index is 190. The predicted molar refractivity (Wildman–Crippen MR) is 41.7 cm³/mol. The average molecular weight is 234 g/mol. The topological polar surface area (TPSA) is 26.3 Å². The first-order valence-electron chi connectivity index (χ1n) is 4.25. The molecule has 0 saturated carbocycles.